The monoisotopic (exact) mass is 279 g/mol. The second-order valence-electron chi connectivity index (χ2n) is 5.72. The van der Waals surface area contributed by atoms with Gasteiger partial charge >= 0.3 is 0 Å². The predicted molar refractivity (Wildman–Crippen MR) is 81.9 cm³/mol. The summed E-state index contributed by atoms with van der Waals surface area (Å²) in [4.78, 5) is 20.3. The van der Waals surface area contributed by atoms with E-state index < -0.39 is 0 Å². The second-order valence-corrected chi connectivity index (χ2v) is 5.72. The summed E-state index contributed by atoms with van der Waals surface area (Å²) < 4.78 is 0. The maximum absolute atomic E-state index is 11.7. The molecule has 1 aromatic heterocycles. The quantitative estimate of drug-likeness (QED) is 0.741. The molecule has 0 aliphatic carbocycles. The van der Waals surface area contributed by atoms with Crippen LogP contribution in [0.3, 0.4) is 0 Å². The third-order valence-corrected chi connectivity index (χ3v) is 2.36. The summed E-state index contributed by atoms with van der Waals surface area (Å²) in [5.74, 6) is 1.37. The first kappa shape index (κ1) is 16.2. The number of amides is 1. The molecule has 1 amide bonds. The van der Waals surface area contributed by atoms with Crippen LogP contribution in [0, 0.1) is 6.92 Å². The highest BCUT2D eigenvalue weighted by atomic mass is 16.1. The van der Waals surface area contributed by atoms with Crippen LogP contribution in [0.25, 0.3) is 0 Å². The van der Waals surface area contributed by atoms with Crippen molar-refractivity contribution in [3.63, 3.8) is 0 Å². The smallest absolute Gasteiger partial charge is 0.224 e. The molecule has 6 heteroatoms. The third-order valence-electron chi connectivity index (χ3n) is 2.36. The molecule has 0 saturated carbocycles. The SMILES string of the molecule is CCNc1nc(C)cc(NCCC(=O)NC(C)(C)C)n1. The summed E-state index contributed by atoms with van der Waals surface area (Å²) in [5, 5.41) is 9.15. The number of nitrogens with zero attached hydrogens (tertiary/aromatic N) is 2. The van der Waals surface area contributed by atoms with Crippen LogP contribution in [0.2, 0.25) is 0 Å². The third kappa shape index (κ3) is 6.36. The lowest BCUT2D eigenvalue weighted by Crippen LogP contribution is -2.41. The minimum Gasteiger partial charge on any atom is -0.369 e. The van der Waals surface area contributed by atoms with E-state index in [-0.39, 0.29) is 11.4 Å². The molecule has 3 N–H and O–H groups in total. The highest BCUT2D eigenvalue weighted by Gasteiger charge is 2.13. The Morgan fingerprint density at radius 3 is 2.55 bits per heavy atom. The molecule has 0 aliphatic rings. The average Bonchev–Trinajstić information content (AvgIpc) is 2.26. The van der Waals surface area contributed by atoms with Crippen LogP contribution >= 0.6 is 0 Å². The van der Waals surface area contributed by atoms with Gasteiger partial charge in [0.25, 0.3) is 0 Å². The Balaban J connectivity index is 2.47. The summed E-state index contributed by atoms with van der Waals surface area (Å²) in [7, 11) is 0. The van der Waals surface area contributed by atoms with Gasteiger partial charge in [-0.25, -0.2) is 4.98 Å². The minimum atomic E-state index is -0.194. The molecule has 0 saturated heterocycles. The fourth-order valence-corrected chi connectivity index (χ4v) is 1.68. The number of hydrogen-bond acceptors (Lipinski definition) is 5. The van der Waals surface area contributed by atoms with Crippen molar-refractivity contribution in [3.05, 3.63) is 11.8 Å². The van der Waals surface area contributed by atoms with Gasteiger partial charge in [-0.3, -0.25) is 4.79 Å². The van der Waals surface area contributed by atoms with E-state index in [0.29, 0.717) is 18.9 Å². The summed E-state index contributed by atoms with van der Waals surface area (Å²) in [6, 6.07) is 1.86. The van der Waals surface area contributed by atoms with Crippen molar-refractivity contribution in [2.75, 3.05) is 23.7 Å². The Labute approximate surface area is 120 Å². The Bertz CT molecular complexity index is 453. The van der Waals surface area contributed by atoms with Crippen LogP contribution in [0.1, 0.15) is 39.8 Å². The van der Waals surface area contributed by atoms with Gasteiger partial charge in [0.05, 0.1) is 0 Å². The molecular weight excluding hydrogens is 254 g/mol. The van der Waals surface area contributed by atoms with Crippen molar-refractivity contribution in [1.82, 2.24) is 15.3 Å². The molecule has 1 aromatic rings. The topological polar surface area (TPSA) is 78.9 Å². The molecule has 0 aromatic carbocycles. The maximum Gasteiger partial charge on any atom is 0.224 e. The van der Waals surface area contributed by atoms with Crippen LogP contribution in [0.4, 0.5) is 11.8 Å². The molecule has 0 spiro atoms. The lowest BCUT2D eigenvalue weighted by molar-refractivity contribution is -0.122. The van der Waals surface area contributed by atoms with Crippen LogP contribution in [0.5, 0.6) is 0 Å². The molecular formula is C14H25N5O. The summed E-state index contributed by atoms with van der Waals surface area (Å²) in [6.07, 6.45) is 0.414. The summed E-state index contributed by atoms with van der Waals surface area (Å²) >= 11 is 0. The molecule has 112 valence electrons. The Morgan fingerprint density at radius 1 is 1.25 bits per heavy atom. The number of rotatable bonds is 6. The summed E-state index contributed by atoms with van der Waals surface area (Å²) in [6.45, 7) is 11.1. The fraction of sp³-hybridized carbons (Fsp3) is 0.643. The van der Waals surface area contributed by atoms with Crippen molar-refractivity contribution < 1.29 is 4.79 Å². The van der Waals surface area contributed by atoms with Gasteiger partial charge in [-0.1, -0.05) is 0 Å². The number of anilines is 2. The highest BCUT2D eigenvalue weighted by Crippen LogP contribution is 2.09. The number of carbonyl (C=O) groups excluding carboxylic acids is 1. The number of aryl methyl sites for hydroxylation is 1. The zero-order chi connectivity index (χ0) is 15.2. The minimum absolute atomic E-state index is 0.0303. The molecule has 20 heavy (non-hydrogen) atoms. The van der Waals surface area contributed by atoms with Crippen molar-refractivity contribution >= 4 is 17.7 Å². The molecule has 1 heterocycles. The lowest BCUT2D eigenvalue weighted by Gasteiger charge is -2.20. The van der Waals surface area contributed by atoms with Gasteiger partial charge in [-0.2, -0.15) is 4.98 Å². The second kappa shape index (κ2) is 7.07. The molecule has 0 radical (unpaired) electrons. The first-order chi connectivity index (χ1) is 9.30. The number of nitrogens with one attached hydrogen (secondary N) is 3. The highest BCUT2D eigenvalue weighted by molar-refractivity contribution is 5.77. The molecule has 0 atom stereocenters. The van der Waals surface area contributed by atoms with E-state index in [4.69, 9.17) is 0 Å². The number of hydrogen-bond donors (Lipinski definition) is 3. The van der Waals surface area contributed by atoms with Crippen molar-refractivity contribution in [3.8, 4) is 0 Å². The summed E-state index contributed by atoms with van der Waals surface area (Å²) in [5.41, 5.74) is 0.693. The molecule has 0 aliphatic heterocycles. The Hall–Kier alpha value is -1.85. The van der Waals surface area contributed by atoms with Crippen LogP contribution in [-0.2, 0) is 4.79 Å². The van der Waals surface area contributed by atoms with E-state index in [9.17, 15) is 4.79 Å². The van der Waals surface area contributed by atoms with Crippen LogP contribution in [-0.4, -0.2) is 34.5 Å². The van der Waals surface area contributed by atoms with Crippen LogP contribution < -0.4 is 16.0 Å². The predicted octanol–water partition coefficient (Wildman–Crippen LogP) is 1.93. The van der Waals surface area contributed by atoms with Crippen molar-refractivity contribution in [2.24, 2.45) is 0 Å². The van der Waals surface area contributed by atoms with Gasteiger partial charge in [0.2, 0.25) is 11.9 Å². The van der Waals surface area contributed by atoms with Crippen molar-refractivity contribution in [1.29, 1.82) is 0 Å². The zero-order valence-electron chi connectivity index (χ0n) is 13.0. The van der Waals surface area contributed by atoms with E-state index in [1.807, 2.05) is 40.7 Å². The van der Waals surface area contributed by atoms with Gasteiger partial charge in [-0.15, -0.1) is 0 Å². The van der Waals surface area contributed by atoms with E-state index in [0.717, 1.165) is 18.1 Å². The molecule has 0 unspecified atom stereocenters. The maximum atomic E-state index is 11.7. The largest absolute Gasteiger partial charge is 0.369 e. The zero-order valence-corrected chi connectivity index (χ0v) is 13.0. The van der Waals surface area contributed by atoms with Gasteiger partial charge in [0.15, 0.2) is 0 Å². The molecule has 0 fully saturated rings. The standard InChI is InChI=1S/C14H25N5O/c1-6-15-13-17-10(2)9-11(18-13)16-8-7-12(20)19-14(3,4)5/h9H,6-8H2,1-5H3,(H,19,20)(H2,15,16,17,18). The lowest BCUT2D eigenvalue weighted by atomic mass is 10.1. The number of aromatic nitrogens is 2. The van der Waals surface area contributed by atoms with Gasteiger partial charge in [0.1, 0.15) is 5.82 Å². The van der Waals surface area contributed by atoms with E-state index >= 15 is 0 Å². The Morgan fingerprint density at radius 2 is 1.95 bits per heavy atom. The fourth-order valence-electron chi connectivity index (χ4n) is 1.68. The first-order valence-electron chi connectivity index (χ1n) is 6.94. The van der Waals surface area contributed by atoms with Gasteiger partial charge in [0, 0.05) is 36.8 Å². The van der Waals surface area contributed by atoms with Crippen molar-refractivity contribution in [2.45, 2.75) is 46.6 Å². The first-order valence-corrected chi connectivity index (χ1v) is 6.94. The van der Waals surface area contributed by atoms with E-state index in [1.165, 1.54) is 0 Å². The molecule has 6 nitrogen and oxygen atoms in total. The van der Waals surface area contributed by atoms with Gasteiger partial charge < -0.3 is 16.0 Å². The Kier molecular flexibility index (Phi) is 5.73. The number of carbonyl (C=O) groups is 1. The van der Waals surface area contributed by atoms with Crippen LogP contribution in [0.15, 0.2) is 6.07 Å². The molecule has 0 bridgehead atoms. The molecule has 1 rings (SSSR count). The van der Waals surface area contributed by atoms with E-state index in [2.05, 4.69) is 25.9 Å². The normalized spacial score (nSPS) is 11.1. The van der Waals surface area contributed by atoms with E-state index in [1.54, 1.807) is 0 Å². The van der Waals surface area contributed by atoms with Gasteiger partial charge in [-0.05, 0) is 34.6 Å². The average molecular weight is 279 g/mol.